The van der Waals surface area contributed by atoms with E-state index in [1.807, 2.05) is 0 Å². The van der Waals surface area contributed by atoms with Gasteiger partial charge in [-0.05, 0) is 12.1 Å². The van der Waals surface area contributed by atoms with Crippen molar-refractivity contribution in [2.45, 2.75) is 184 Å². The number of ether oxygens (including phenoxy) is 12. The van der Waals surface area contributed by atoms with Crippen molar-refractivity contribution in [2.24, 2.45) is 0 Å². The number of benzene rings is 1. The Morgan fingerprint density at radius 2 is 0.579 bits per heavy atom. The fraction of sp³-hybridized carbons (Fsp3) is 0.857. The van der Waals surface area contributed by atoms with Gasteiger partial charge >= 0.3 is 0 Å². The van der Waals surface area contributed by atoms with Crippen LogP contribution in [0.3, 0.4) is 0 Å². The summed E-state index contributed by atoms with van der Waals surface area (Å²) >= 11 is 0. The molecule has 1 aromatic carbocycles. The van der Waals surface area contributed by atoms with Gasteiger partial charge in [-0.25, -0.2) is 0 Å². The highest BCUT2D eigenvalue weighted by molar-refractivity contribution is 5.36. The van der Waals surface area contributed by atoms with Gasteiger partial charge in [0, 0.05) is 12.1 Å². The number of non-ortho nitro benzene ring substituents is 1. The monoisotopic (exact) mass is 1110 g/mol. The molecule has 7 rings (SSSR count). The van der Waals surface area contributed by atoms with E-state index in [0.717, 1.165) is 12.1 Å². The van der Waals surface area contributed by atoms with Crippen molar-refractivity contribution in [3.05, 3.63) is 34.4 Å². The lowest BCUT2D eigenvalue weighted by molar-refractivity contribution is -0.395. The Labute approximate surface area is 428 Å². The Hall–Kier alpha value is -2.78. The summed E-state index contributed by atoms with van der Waals surface area (Å²) in [6, 6.07) is 4.55. The van der Waals surface area contributed by atoms with Gasteiger partial charge in [-0.15, -0.1) is 0 Å². The number of hydrogen-bond acceptors (Lipinski definition) is 33. The summed E-state index contributed by atoms with van der Waals surface area (Å²) in [5.74, 6) is -0.0341. The maximum absolute atomic E-state index is 11.3. The molecule has 0 amide bonds. The Morgan fingerprint density at radius 3 is 0.842 bits per heavy atom. The van der Waals surface area contributed by atoms with Gasteiger partial charge in [0.05, 0.1) is 44.6 Å². The van der Waals surface area contributed by atoms with Crippen LogP contribution in [0.15, 0.2) is 24.3 Å². The first-order valence-electron chi connectivity index (χ1n) is 23.7. The smallest absolute Gasteiger partial charge is 0.269 e. The topological polar surface area (TPSA) is 538 Å². The molecule has 0 unspecified atom stereocenters. The second-order valence-electron chi connectivity index (χ2n) is 18.6. The van der Waals surface area contributed by atoms with Crippen LogP contribution >= 0.6 is 0 Å². The normalized spacial score (nSPS) is 48.3. The first kappa shape index (κ1) is 60.9. The molecule has 19 N–H and O–H groups in total. The second kappa shape index (κ2) is 26.2. The molecule has 0 spiro atoms. The number of nitro benzene ring substituents is 1. The second-order valence-corrected chi connectivity index (χ2v) is 18.6. The van der Waals surface area contributed by atoms with E-state index in [0.29, 0.717) is 0 Å². The molecule has 1 aromatic rings. The average molecular weight is 1110 g/mol. The lowest BCUT2D eigenvalue weighted by Crippen LogP contribution is -2.68. The van der Waals surface area contributed by atoms with Crippen molar-refractivity contribution >= 4 is 5.69 Å². The standard InChI is InChI=1S/C42H65NO33/c44-5-13-19(50)20(51)26(57)38(66-13)72-33-15(7-46)68-40(28(59)22(33)53)74-35-17(9-48)70-42(30(61)24(35)55)76-36-18(10-49)71-41(31(62)25(36)56)75-34-16(8-47)69-39(29(60)23(34)54)73-32-14(6-45)67-37(27(58)21(32)52)65-12-3-1-11(2-4-12)43(63)64/h1-4,13-42,44-62H,5-10H2/t13-,14-,15-,16-,17-,18-,19+,20+,21-,22-,23-,24-,25-,26-,27-,28-,29-,30-,31-,32-,33+,34-,35-,36-,37+,38-,39-,40-,41-,42-/m1/s1. The molecule has 30 atom stereocenters. The predicted octanol–water partition coefficient (Wildman–Crippen LogP) is -12.1. The van der Waals surface area contributed by atoms with E-state index in [1.54, 1.807) is 0 Å². The number of nitro groups is 1. The Balaban J connectivity index is 0.946. The van der Waals surface area contributed by atoms with Crippen molar-refractivity contribution in [2.75, 3.05) is 39.6 Å². The molecular formula is C42H65NO33. The minimum atomic E-state index is -2.20. The summed E-state index contributed by atoms with van der Waals surface area (Å²) in [6.45, 7) is -5.80. The minimum absolute atomic E-state index is 0.0341. The number of hydrogen-bond donors (Lipinski definition) is 19. The van der Waals surface area contributed by atoms with Crippen LogP contribution in [0.25, 0.3) is 0 Å². The van der Waals surface area contributed by atoms with Gasteiger partial charge in [-0.2, -0.15) is 0 Å². The highest BCUT2D eigenvalue weighted by atomic mass is 16.8. The Morgan fingerprint density at radius 1 is 0.342 bits per heavy atom. The Kier molecular flexibility index (Phi) is 21.0. The molecule has 34 nitrogen and oxygen atoms in total. The predicted molar refractivity (Wildman–Crippen MR) is 231 cm³/mol. The number of aliphatic hydroxyl groups is 19. The number of aliphatic hydroxyl groups excluding tert-OH is 19. The molecule has 0 radical (unpaired) electrons. The van der Waals surface area contributed by atoms with Gasteiger partial charge in [-0.3, -0.25) is 10.1 Å². The summed E-state index contributed by atoms with van der Waals surface area (Å²) in [6.07, 6.45) is -57.0. The summed E-state index contributed by atoms with van der Waals surface area (Å²) < 4.78 is 67.0. The molecule has 6 saturated heterocycles. The van der Waals surface area contributed by atoms with Crippen LogP contribution < -0.4 is 4.74 Å². The van der Waals surface area contributed by atoms with Crippen LogP contribution in [0.2, 0.25) is 0 Å². The maximum atomic E-state index is 11.3. The molecule has 34 heteroatoms. The molecule has 0 saturated carbocycles. The van der Waals surface area contributed by atoms with Gasteiger partial charge < -0.3 is 154 Å². The lowest BCUT2D eigenvalue weighted by atomic mass is 9.95. The average Bonchev–Trinajstić information content (AvgIpc) is 3.43. The third-order valence-electron chi connectivity index (χ3n) is 13.7. The van der Waals surface area contributed by atoms with E-state index < -0.39 is 229 Å². The first-order valence-corrected chi connectivity index (χ1v) is 23.7. The van der Waals surface area contributed by atoms with Crippen molar-refractivity contribution in [3.63, 3.8) is 0 Å². The van der Waals surface area contributed by atoms with Crippen LogP contribution in [0.4, 0.5) is 5.69 Å². The lowest BCUT2D eigenvalue weighted by Gasteiger charge is -2.49. The van der Waals surface area contributed by atoms with E-state index in [1.165, 1.54) is 12.1 Å². The zero-order valence-corrected chi connectivity index (χ0v) is 39.5. The van der Waals surface area contributed by atoms with Crippen molar-refractivity contribution in [3.8, 4) is 5.75 Å². The molecular weight excluding hydrogens is 1050 g/mol. The third kappa shape index (κ3) is 12.6. The fourth-order valence-electron chi connectivity index (χ4n) is 9.39. The van der Waals surface area contributed by atoms with Crippen LogP contribution in [-0.2, 0) is 52.1 Å². The van der Waals surface area contributed by atoms with Crippen molar-refractivity contribution in [1.82, 2.24) is 0 Å². The highest BCUT2D eigenvalue weighted by Gasteiger charge is 2.57. The summed E-state index contributed by atoms with van der Waals surface area (Å²) in [7, 11) is 0. The van der Waals surface area contributed by atoms with Crippen LogP contribution in [-0.4, -0.2) is 326 Å². The summed E-state index contributed by atoms with van der Waals surface area (Å²) in [4.78, 5) is 10.3. The zero-order valence-electron chi connectivity index (χ0n) is 39.5. The molecule has 6 fully saturated rings. The van der Waals surface area contributed by atoms with Gasteiger partial charge in [-0.1, -0.05) is 0 Å². The van der Waals surface area contributed by atoms with Crippen LogP contribution in [0.5, 0.6) is 5.75 Å². The van der Waals surface area contributed by atoms with E-state index in [4.69, 9.17) is 56.8 Å². The SMILES string of the molecule is O=[N+]([O-])c1ccc(O[C@H]2O[C@H](CO)[C@@H](O[C@H]3O[C@H](CO)[C@@H](O[C@H]4O[C@H](CO)[C@@H](O[C@H]5O[C@H](CO)[C@@H](O[C@H]6O[C@H](CO)[C@H](O[C@H]7O[C@H](CO)[C@H](O)[C@H](O)[C@H]7O)[C@H](O)[C@H]6O)[C@H](O)[C@H]5O)[C@H](O)[C@H]4O)[C@H](O)[C@H]3O)[C@H](O)[C@H]2O)cc1. The minimum Gasteiger partial charge on any atom is -0.462 e. The van der Waals surface area contributed by atoms with Crippen molar-refractivity contribution in [1.29, 1.82) is 0 Å². The van der Waals surface area contributed by atoms with Crippen molar-refractivity contribution < 1.29 is 159 Å². The number of nitrogens with zero attached hydrogens (tertiary/aromatic N) is 1. The number of rotatable bonds is 19. The van der Waals surface area contributed by atoms with E-state index in [9.17, 15) is 107 Å². The van der Waals surface area contributed by atoms with Gasteiger partial charge in [0.1, 0.15) is 152 Å². The summed E-state index contributed by atoms with van der Waals surface area (Å²) in [5.41, 5.74) is -0.279. The molecule has 76 heavy (non-hydrogen) atoms. The highest BCUT2D eigenvalue weighted by Crippen LogP contribution is 2.37. The largest absolute Gasteiger partial charge is 0.462 e. The molecule has 0 aromatic heterocycles. The fourth-order valence-corrected chi connectivity index (χ4v) is 9.39. The molecule has 6 heterocycles. The molecule has 436 valence electrons. The molecule has 6 aliphatic rings. The quantitative estimate of drug-likeness (QED) is 0.0452. The first-order chi connectivity index (χ1) is 36.1. The Bertz CT molecular complexity index is 1960. The van der Waals surface area contributed by atoms with Gasteiger partial charge in [0.15, 0.2) is 31.5 Å². The maximum Gasteiger partial charge on any atom is 0.269 e. The zero-order chi connectivity index (χ0) is 55.6. The van der Waals surface area contributed by atoms with Gasteiger partial charge in [0.2, 0.25) is 6.29 Å². The molecule has 6 aliphatic heterocycles. The van der Waals surface area contributed by atoms with E-state index >= 15 is 0 Å². The molecule has 0 bridgehead atoms. The van der Waals surface area contributed by atoms with Crippen LogP contribution in [0.1, 0.15) is 0 Å². The third-order valence-corrected chi connectivity index (χ3v) is 13.7. The molecule has 0 aliphatic carbocycles. The van der Waals surface area contributed by atoms with Crippen LogP contribution in [0, 0.1) is 10.1 Å². The summed E-state index contributed by atoms with van der Waals surface area (Å²) in [5, 5.41) is 214. The van der Waals surface area contributed by atoms with E-state index in [-0.39, 0.29) is 11.4 Å². The van der Waals surface area contributed by atoms with E-state index in [2.05, 4.69) is 0 Å². The van der Waals surface area contributed by atoms with Gasteiger partial charge in [0.25, 0.3) is 5.69 Å².